The summed E-state index contributed by atoms with van der Waals surface area (Å²) in [6.07, 6.45) is 0.743. The van der Waals surface area contributed by atoms with Crippen LogP contribution in [0, 0.1) is 20.8 Å². The molecular formula is C21H23N3OS2. The third-order valence-corrected chi connectivity index (χ3v) is 6.46. The number of nitrogens with one attached hydrogen (secondary N) is 1. The van der Waals surface area contributed by atoms with Gasteiger partial charge in [0.2, 0.25) is 11.0 Å². The molecule has 0 aliphatic heterocycles. The number of benzene rings is 2. The molecule has 1 aromatic heterocycles. The number of carbonyl (C=O) groups is 1. The van der Waals surface area contributed by atoms with Gasteiger partial charge in [-0.25, -0.2) is 0 Å². The minimum Gasteiger partial charge on any atom is -0.300 e. The Morgan fingerprint density at radius 2 is 1.78 bits per heavy atom. The van der Waals surface area contributed by atoms with Gasteiger partial charge in [-0.05, 0) is 50.5 Å². The largest absolute Gasteiger partial charge is 0.300 e. The summed E-state index contributed by atoms with van der Waals surface area (Å²) in [6, 6.07) is 14.3. The van der Waals surface area contributed by atoms with Crippen LogP contribution in [0.25, 0.3) is 10.6 Å². The van der Waals surface area contributed by atoms with Crippen molar-refractivity contribution in [2.24, 2.45) is 0 Å². The molecule has 0 spiro atoms. The summed E-state index contributed by atoms with van der Waals surface area (Å²) in [5.41, 5.74) is 4.68. The Morgan fingerprint density at radius 3 is 2.41 bits per heavy atom. The Balaban J connectivity index is 1.74. The van der Waals surface area contributed by atoms with Crippen molar-refractivity contribution in [1.82, 2.24) is 10.2 Å². The van der Waals surface area contributed by atoms with Crippen molar-refractivity contribution < 1.29 is 4.79 Å². The summed E-state index contributed by atoms with van der Waals surface area (Å²) in [6.45, 7) is 8.27. The molecule has 1 amide bonds. The molecule has 0 fully saturated rings. The summed E-state index contributed by atoms with van der Waals surface area (Å²) in [5.74, 6) is -0.0357. The van der Waals surface area contributed by atoms with Crippen LogP contribution in [0.15, 0.2) is 47.4 Å². The average Bonchev–Trinajstić information content (AvgIpc) is 3.07. The van der Waals surface area contributed by atoms with E-state index >= 15 is 0 Å². The van der Waals surface area contributed by atoms with Gasteiger partial charge < -0.3 is 0 Å². The predicted molar refractivity (Wildman–Crippen MR) is 115 cm³/mol. The van der Waals surface area contributed by atoms with Crippen LogP contribution in [0.2, 0.25) is 0 Å². The highest BCUT2D eigenvalue weighted by atomic mass is 32.2. The summed E-state index contributed by atoms with van der Waals surface area (Å²) in [5, 5.41) is 12.6. The van der Waals surface area contributed by atoms with Gasteiger partial charge in [-0.15, -0.1) is 22.0 Å². The number of anilines is 1. The second-order valence-corrected chi connectivity index (χ2v) is 8.76. The first-order valence-electron chi connectivity index (χ1n) is 8.92. The van der Waals surface area contributed by atoms with E-state index in [0.29, 0.717) is 5.13 Å². The Bertz CT molecular complexity index is 915. The van der Waals surface area contributed by atoms with Crippen molar-refractivity contribution in [3.8, 4) is 10.6 Å². The first kappa shape index (κ1) is 19.6. The molecule has 6 heteroatoms. The van der Waals surface area contributed by atoms with E-state index in [4.69, 9.17) is 0 Å². The number of aromatic nitrogens is 2. The van der Waals surface area contributed by atoms with Gasteiger partial charge in [-0.1, -0.05) is 54.2 Å². The van der Waals surface area contributed by atoms with Gasteiger partial charge in [0.1, 0.15) is 5.01 Å². The van der Waals surface area contributed by atoms with Crippen LogP contribution in [-0.2, 0) is 4.79 Å². The molecule has 4 nitrogen and oxygen atoms in total. The molecule has 27 heavy (non-hydrogen) atoms. The van der Waals surface area contributed by atoms with Crippen LogP contribution >= 0.6 is 23.1 Å². The normalized spacial score (nSPS) is 12.0. The summed E-state index contributed by atoms with van der Waals surface area (Å²) < 4.78 is 0. The molecule has 1 heterocycles. The molecule has 0 radical (unpaired) electrons. The van der Waals surface area contributed by atoms with E-state index in [1.165, 1.54) is 28.0 Å². The number of nitrogens with zero attached hydrogens (tertiary/aromatic N) is 2. The Labute approximate surface area is 168 Å². The lowest BCUT2D eigenvalue weighted by atomic mass is 10.0. The highest BCUT2D eigenvalue weighted by Gasteiger charge is 2.20. The van der Waals surface area contributed by atoms with Gasteiger partial charge >= 0.3 is 0 Å². The van der Waals surface area contributed by atoms with Crippen molar-refractivity contribution in [3.63, 3.8) is 0 Å². The van der Waals surface area contributed by atoms with Crippen LogP contribution < -0.4 is 5.32 Å². The topological polar surface area (TPSA) is 54.9 Å². The number of carbonyl (C=O) groups excluding carboxylic acids is 1. The summed E-state index contributed by atoms with van der Waals surface area (Å²) >= 11 is 2.99. The second-order valence-electron chi connectivity index (χ2n) is 6.50. The Kier molecular flexibility index (Phi) is 6.29. The maximum Gasteiger partial charge on any atom is 0.239 e. The first-order chi connectivity index (χ1) is 13.0. The van der Waals surface area contributed by atoms with E-state index in [1.54, 1.807) is 11.8 Å². The van der Waals surface area contributed by atoms with Crippen LogP contribution in [0.1, 0.15) is 30.0 Å². The lowest BCUT2D eigenvalue weighted by Gasteiger charge is -2.13. The standard InChI is InChI=1S/C21H23N3OS2/c1-5-17(26-16-9-7-6-8-10-16)19(25)22-21-24-23-20(27-21)18-14(3)11-13(2)12-15(18)4/h6-12,17H,5H2,1-4H3,(H,22,24,25)/t17-/m1/s1. The van der Waals surface area contributed by atoms with E-state index in [-0.39, 0.29) is 11.2 Å². The molecular weight excluding hydrogens is 374 g/mol. The van der Waals surface area contributed by atoms with Crippen LogP contribution in [-0.4, -0.2) is 21.4 Å². The second kappa shape index (κ2) is 8.67. The van der Waals surface area contributed by atoms with Gasteiger partial charge in [0.15, 0.2) is 0 Å². The molecule has 0 unspecified atom stereocenters. The summed E-state index contributed by atoms with van der Waals surface area (Å²) in [7, 11) is 0. The van der Waals surface area contributed by atoms with Crippen molar-refractivity contribution in [2.45, 2.75) is 44.3 Å². The Morgan fingerprint density at radius 1 is 1.11 bits per heavy atom. The molecule has 2 aromatic carbocycles. The SMILES string of the molecule is CC[C@@H](Sc1ccccc1)C(=O)Nc1nnc(-c2c(C)cc(C)cc2C)s1. The van der Waals surface area contributed by atoms with Crippen LogP contribution in [0.3, 0.4) is 0 Å². The smallest absolute Gasteiger partial charge is 0.239 e. The number of rotatable bonds is 6. The molecule has 0 saturated heterocycles. The number of thioether (sulfide) groups is 1. The first-order valence-corrected chi connectivity index (χ1v) is 10.6. The van der Waals surface area contributed by atoms with E-state index in [0.717, 1.165) is 21.9 Å². The molecule has 0 aliphatic carbocycles. The zero-order valence-electron chi connectivity index (χ0n) is 15.9. The molecule has 0 bridgehead atoms. The molecule has 3 aromatic rings. The molecule has 140 valence electrons. The quantitative estimate of drug-likeness (QED) is 0.547. The lowest BCUT2D eigenvalue weighted by molar-refractivity contribution is -0.115. The minimum atomic E-state index is -0.164. The van der Waals surface area contributed by atoms with Gasteiger partial charge in [-0.3, -0.25) is 10.1 Å². The van der Waals surface area contributed by atoms with E-state index in [2.05, 4.69) is 48.4 Å². The summed E-state index contributed by atoms with van der Waals surface area (Å²) in [4.78, 5) is 13.8. The predicted octanol–water partition coefficient (Wildman–Crippen LogP) is 5.64. The van der Waals surface area contributed by atoms with Gasteiger partial charge in [0.05, 0.1) is 5.25 Å². The highest BCUT2D eigenvalue weighted by Crippen LogP contribution is 2.33. The third kappa shape index (κ3) is 4.76. The Hall–Kier alpha value is -2.18. The number of aryl methyl sites for hydroxylation is 3. The fourth-order valence-corrected chi connectivity index (χ4v) is 4.96. The highest BCUT2D eigenvalue weighted by molar-refractivity contribution is 8.00. The van der Waals surface area contributed by atoms with E-state index < -0.39 is 0 Å². The number of hydrogen-bond donors (Lipinski definition) is 1. The molecule has 3 rings (SSSR count). The van der Waals surface area contributed by atoms with Crippen molar-refractivity contribution in [2.75, 3.05) is 5.32 Å². The fourth-order valence-electron chi connectivity index (χ4n) is 3.06. The van der Waals surface area contributed by atoms with Crippen molar-refractivity contribution in [1.29, 1.82) is 0 Å². The van der Waals surface area contributed by atoms with Gasteiger partial charge in [0, 0.05) is 10.5 Å². The van der Waals surface area contributed by atoms with Crippen molar-refractivity contribution in [3.05, 3.63) is 59.2 Å². The number of amides is 1. The molecule has 1 N–H and O–H groups in total. The fraction of sp³-hybridized carbons (Fsp3) is 0.286. The van der Waals surface area contributed by atoms with Gasteiger partial charge in [-0.2, -0.15) is 0 Å². The monoisotopic (exact) mass is 397 g/mol. The average molecular weight is 398 g/mol. The van der Waals surface area contributed by atoms with Crippen LogP contribution in [0.4, 0.5) is 5.13 Å². The minimum absolute atomic E-state index is 0.0357. The zero-order chi connectivity index (χ0) is 19.4. The zero-order valence-corrected chi connectivity index (χ0v) is 17.6. The third-order valence-electron chi connectivity index (χ3n) is 4.23. The maximum absolute atomic E-state index is 12.7. The molecule has 0 saturated carbocycles. The van der Waals surface area contributed by atoms with E-state index in [1.807, 2.05) is 37.3 Å². The molecule has 1 atom stereocenters. The van der Waals surface area contributed by atoms with Crippen molar-refractivity contribution >= 4 is 34.1 Å². The lowest BCUT2D eigenvalue weighted by Crippen LogP contribution is -2.24. The molecule has 0 aliphatic rings. The van der Waals surface area contributed by atoms with E-state index in [9.17, 15) is 4.79 Å². The maximum atomic E-state index is 12.7. The van der Waals surface area contributed by atoms with Gasteiger partial charge in [0.25, 0.3) is 0 Å². The number of hydrogen-bond acceptors (Lipinski definition) is 5. The van der Waals surface area contributed by atoms with Crippen LogP contribution in [0.5, 0.6) is 0 Å².